The maximum Gasteiger partial charge on any atom is 0.267 e. The van der Waals surface area contributed by atoms with E-state index < -0.39 is 10.0 Å². The lowest BCUT2D eigenvalue weighted by atomic mass is 10.0. The van der Waals surface area contributed by atoms with Crippen LogP contribution >= 0.6 is 0 Å². The number of morpholine rings is 1. The highest BCUT2D eigenvalue weighted by Crippen LogP contribution is 2.23. The van der Waals surface area contributed by atoms with Crippen LogP contribution in [0, 0.1) is 0 Å². The van der Waals surface area contributed by atoms with Crippen LogP contribution in [-0.2, 0) is 21.3 Å². The summed E-state index contributed by atoms with van der Waals surface area (Å²) in [5.74, 6) is 0. The number of nitrogens with zero attached hydrogens (tertiary/aromatic N) is 2. The minimum Gasteiger partial charge on any atom is -0.379 e. The van der Waals surface area contributed by atoms with Gasteiger partial charge in [-0.25, -0.2) is 12.4 Å². The van der Waals surface area contributed by atoms with E-state index in [1.807, 2.05) is 12.1 Å². The van der Waals surface area contributed by atoms with Crippen LogP contribution in [-0.4, -0.2) is 43.6 Å². The molecule has 1 aliphatic heterocycles. The predicted molar refractivity (Wildman–Crippen MR) is 105 cm³/mol. The van der Waals surface area contributed by atoms with Crippen LogP contribution in [0.1, 0.15) is 5.56 Å². The normalized spacial score (nSPS) is 15.7. The van der Waals surface area contributed by atoms with Gasteiger partial charge < -0.3 is 4.74 Å². The average Bonchev–Trinajstić information content (AvgIpc) is 3.25. The van der Waals surface area contributed by atoms with Crippen molar-refractivity contribution in [2.75, 3.05) is 26.3 Å². The van der Waals surface area contributed by atoms with Gasteiger partial charge in [-0.1, -0.05) is 36.4 Å². The monoisotopic (exact) mass is 382 g/mol. The van der Waals surface area contributed by atoms with Crippen molar-refractivity contribution in [3.8, 4) is 11.1 Å². The highest BCUT2D eigenvalue weighted by atomic mass is 32.2. The molecule has 1 aliphatic rings. The van der Waals surface area contributed by atoms with Crippen LogP contribution in [0.3, 0.4) is 0 Å². The lowest BCUT2D eigenvalue weighted by Gasteiger charge is -2.26. The molecule has 140 valence electrons. The SMILES string of the molecule is O=S(=O)(c1ccc(-c2ccc(CN3CCOCC3)cc2)cc1)n1cccc1. The second-order valence-electron chi connectivity index (χ2n) is 6.63. The van der Waals surface area contributed by atoms with Gasteiger partial charge in [-0.05, 0) is 41.0 Å². The quantitative estimate of drug-likeness (QED) is 0.680. The summed E-state index contributed by atoms with van der Waals surface area (Å²) in [6, 6.07) is 18.9. The molecule has 1 aromatic heterocycles. The van der Waals surface area contributed by atoms with Gasteiger partial charge in [-0.3, -0.25) is 4.90 Å². The van der Waals surface area contributed by atoms with Crippen molar-refractivity contribution in [1.29, 1.82) is 0 Å². The molecule has 1 saturated heterocycles. The van der Waals surface area contributed by atoms with Crippen molar-refractivity contribution >= 4 is 10.0 Å². The zero-order valence-corrected chi connectivity index (χ0v) is 15.8. The summed E-state index contributed by atoms with van der Waals surface area (Å²) >= 11 is 0. The first-order valence-electron chi connectivity index (χ1n) is 9.01. The molecule has 0 spiro atoms. The summed E-state index contributed by atoms with van der Waals surface area (Å²) in [5.41, 5.74) is 3.34. The number of rotatable bonds is 5. The molecule has 3 aromatic rings. The molecule has 4 rings (SSSR count). The fourth-order valence-electron chi connectivity index (χ4n) is 3.24. The third-order valence-corrected chi connectivity index (χ3v) is 6.47. The van der Waals surface area contributed by atoms with E-state index >= 15 is 0 Å². The first-order chi connectivity index (χ1) is 13.1. The fourth-order valence-corrected chi connectivity index (χ4v) is 4.42. The van der Waals surface area contributed by atoms with Gasteiger partial charge in [-0.15, -0.1) is 0 Å². The van der Waals surface area contributed by atoms with E-state index in [9.17, 15) is 8.42 Å². The van der Waals surface area contributed by atoms with Gasteiger partial charge in [-0.2, -0.15) is 0 Å². The summed E-state index contributed by atoms with van der Waals surface area (Å²) in [7, 11) is -3.52. The van der Waals surface area contributed by atoms with Crippen LogP contribution in [0.4, 0.5) is 0 Å². The standard InChI is InChI=1S/C21H22N2O3S/c24-27(25,23-11-1-2-12-23)21-9-7-20(8-10-21)19-5-3-18(4-6-19)17-22-13-15-26-16-14-22/h1-12H,13-17H2. The molecule has 1 fully saturated rings. The molecular weight excluding hydrogens is 360 g/mol. The van der Waals surface area contributed by atoms with E-state index in [1.54, 1.807) is 24.3 Å². The molecule has 0 bridgehead atoms. The minimum absolute atomic E-state index is 0.284. The maximum atomic E-state index is 12.5. The fraction of sp³-hybridized carbons (Fsp3) is 0.238. The predicted octanol–water partition coefficient (Wildman–Crippen LogP) is 3.22. The Bertz CT molecular complexity index is 973. The average molecular weight is 382 g/mol. The highest BCUT2D eigenvalue weighted by Gasteiger charge is 2.15. The van der Waals surface area contributed by atoms with Gasteiger partial charge in [0.2, 0.25) is 0 Å². The zero-order chi connectivity index (χ0) is 18.7. The van der Waals surface area contributed by atoms with E-state index in [0.717, 1.165) is 44.0 Å². The highest BCUT2D eigenvalue weighted by molar-refractivity contribution is 7.90. The van der Waals surface area contributed by atoms with Crippen LogP contribution in [0.15, 0.2) is 78.0 Å². The van der Waals surface area contributed by atoms with Crippen molar-refractivity contribution in [1.82, 2.24) is 8.87 Å². The van der Waals surface area contributed by atoms with Crippen molar-refractivity contribution in [3.63, 3.8) is 0 Å². The summed E-state index contributed by atoms with van der Waals surface area (Å²) in [6.07, 6.45) is 3.08. The molecular formula is C21H22N2O3S. The molecule has 2 heterocycles. The van der Waals surface area contributed by atoms with Crippen LogP contribution in [0.25, 0.3) is 11.1 Å². The number of benzene rings is 2. The van der Waals surface area contributed by atoms with Crippen molar-refractivity contribution < 1.29 is 13.2 Å². The van der Waals surface area contributed by atoms with Gasteiger partial charge in [0, 0.05) is 32.0 Å². The molecule has 0 unspecified atom stereocenters. The van der Waals surface area contributed by atoms with Crippen molar-refractivity contribution in [3.05, 3.63) is 78.6 Å². The Morgan fingerprint density at radius 3 is 1.96 bits per heavy atom. The van der Waals surface area contributed by atoms with Gasteiger partial charge in [0.05, 0.1) is 18.1 Å². The van der Waals surface area contributed by atoms with Crippen LogP contribution in [0.2, 0.25) is 0 Å². The van der Waals surface area contributed by atoms with E-state index in [2.05, 4.69) is 29.2 Å². The third kappa shape index (κ3) is 3.98. The zero-order valence-electron chi connectivity index (χ0n) is 15.0. The molecule has 5 nitrogen and oxygen atoms in total. The Labute approximate surface area is 159 Å². The van der Waals surface area contributed by atoms with Gasteiger partial charge in [0.1, 0.15) is 0 Å². The van der Waals surface area contributed by atoms with E-state index in [1.165, 1.54) is 21.9 Å². The number of hydrogen-bond donors (Lipinski definition) is 0. The summed E-state index contributed by atoms with van der Waals surface area (Å²) in [4.78, 5) is 2.67. The molecule has 0 N–H and O–H groups in total. The molecule has 27 heavy (non-hydrogen) atoms. The Morgan fingerprint density at radius 1 is 0.815 bits per heavy atom. The van der Waals surface area contributed by atoms with E-state index in [0.29, 0.717) is 0 Å². The van der Waals surface area contributed by atoms with Crippen LogP contribution < -0.4 is 0 Å². The topological polar surface area (TPSA) is 51.5 Å². The summed E-state index contributed by atoms with van der Waals surface area (Å²) in [6.45, 7) is 4.47. The second kappa shape index (κ2) is 7.68. The third-order valence-electron chi connectivity index (χ3n) is 4.80. The second-order valence-corrected chi connectivity index (χ2v) is 8.47. The van der Waals surface area contributed by atoms with Crippen LogP contribution in [0.5, 0.6) is 0 Å². The molecule has 0 radical (unpaired) electrons. The first kappa shape index (κ1) is 18.0. The molecule has 0 saturated carbocycles. The lowest BCUT2D eigenvalue weighted by Crippen LogP contribution is -2.35. The Balaban J connectivity index is 1.49. The van der Waals surface area contributed by atoms with Gasteiger partial charge in [0.25, 0.3) is 10.0 Å². The summed E-state index contributed by atoms with van der Waals surface area (Å²) < 4.78 is 31.7. The van der Waals surface area contributed by atoms with E-state index in [4.69, 9.17) is 4.74 Å². The number of hydrogen-bond acceptors (Lipinski definition) is 4. The lowest BCUT2D eigenvalue weighted by molar-refractivity contribution is 0.0342. The van der Waals surface area contributed by atoms with Gasteiger partial charge in [0.15, 0.2) is 0 Å². The molecule has 2 aromatic carbocycles. The van der Waals surface area contributed by atoms with Gasteiger partial charge >= 0.3 is 0 Å². The first-order valence-corrected chi connectivity index (χ1v) is 10.4. The number of aromatic nitrogens is 1. The summed E-state index contributed by atoms with van der Waals surface area (Å²) in [5, 5.41) is 0. The number of ether oxygens (including phenoxy) is 1. The largest absolute Gasteiger partial charge is 0.379 e. The molecule has 0 aliphatic carbocycles. The Kier molecular flexibility index (Phi) is 5.11. The maximum absolute atomic E-state index is 12.5. The van der Waals surface area contributed by atoms with Crippen molar-refractivity contribution in [2.24, 2.45) is 0 Å². The minimum atomic E-state index is -3.52. The van der Waals surface area contributed by atoms with Crippen molar-refractivity contribution in [2.45, 2.75) is 11.4 Å². The van der Waals surface area contributed by atoms with E-state index in [-0.39, 0.29) is 4.90 Å². The molecule has 6 heteroatoms. The Morgan fingerprint density at radius 2 is 1.37 bits per heavy atom. The molecule has 0 atom stereocenters. The molecule has 0 amide bonds. The smallest absolute Gasteiger partial charge is 0.267 e. The Hall–Kier alpha value is -2.41.